The molecule has 1 N–H and O–H groups in total. The van der Waals surface area contributed by atoms with Gasteiger partial charge in [-0.3, -0.25) is 10.1 Å². The van der Waals surface area contributed by atoms with E-state index in [2.05, 4.69) is 10.3 Å². The van der Waals surface area contributed by atoms with E-state index in [9.17, 15) is 13.2 Å². The molecule has 0 bridgehead atoms. The fraction of sp³-hybridized carbons (Fsp3) is 0.417. The van der Waals surface area contributed by atoms with Crippen molar-refractivity contribution in [3.05, 3.63) is 53.6 Å². The number of amides is 1. The number of hydrogen-bond acceptors (Lipinski definition) is 5. The fourth-order valence-corrected chi connectivity index (χ4v) is 5.47. The Bertz CT molecular complexity index is 1220. The van der Waals surface area contributed by atoms with Crippen LogP contribution in [0.25, 0.3) is 11.0 Å². The summed E-state index contributed by atoms with van der Waals surface area (Å²) in [5.74, 6) is 0.0128. The number of imidazole rings is 1. The molecular weight excluding hydrogens is 440 g/mol. The van der Waals surface area contributed by atoms with Crippen LogP contribution < -0.4 is 5.32 Å². The Kier molecular flexibility index (Phi) is 8.23. The predicted molar refractivity (Wildman–Crippen MR) is 130 cm³/mol. The summed E-state index contributed by atoms with van der Waals surface area (Å²) in [5, 5.41) is 2.88. The van der Waals surface area contributed by atoms with E-state index in [1.165, 1.54) is 10.4 Å². The molecule has 0 unspecified atom stereocenters. The zero-order valence-electron chi connectivity index (χ0n) is 19.7. The molecule has 8 nitrogen and oxygen atoms in total. The highest BCUT2D eigenvalue weighted by Crippen LogP contribution is 2.24. The maximum absolute atomic E-state index is 13.1. The summed E-state index contributed by atoms with van der Waals surface area (Å²) in [6.45, 7) is 9.89. The van der Waals surface area contributed by atoms with Crippen molar-refractivity contribution in [2.75, 3.05) is 31.6 Å². The first kappa shape index (κ1) is 24.9. The van der Waals surface area contributed by atoms with E-state index in [-0.39, 0.29) is 10.5 Å². The number of aryl methyl sites for hydroxylation is 2. The highest BCUT2D eigenvalue weighted by Gasteiger charge is 2.25. The van der Waals surface area contributed by atoms with Gasteiger partial charge in [0.05, 0.1) is 15.9 Å². The molecule has 0 fully saturated rings. The lowest BCUT2D eigenvalue weighted by Crippen LogP contribution is -2.31. The molecule has 0 aliphatic carbocycles. The summed E-state index contributed by atoms with van der Waals surface area (Å²) in [7, 11) is -3.69. The first-order valence-corrected chi connectivity index (χ1v) is 12.7. The van der Waals surface area contributed by atoms with Crippen LogP contribution in [0.2, 0.25) is 0 Å². The van der Waals surface area contributed by atoms with Crippen molar-refractivity contribution in [2.24, 2.45) is 0 Å². The Hall–Kier alpha value is -2.75. The van der Waals surface area contributed by atoms with Gasteiger partial charge in [0.1, 0.15) is 0 Å². The van der Waals surface area contributed by atoms with E-state index in [1.807, 2.05) is 35.8 Å². The normalized spacial score (nSPS) is 11.9. The molecule has 0 spiro atoms. The number of carbonyl (C=O) groups excluding carboxylic acids is 1. The molecule has 0 radical (unpaired) electrons. The third-order valence-electron chi connectivity index (χ3n) is 5.53. The Labute approximate surface area is 195 Å². The first-order valence-electron chi connectivity index (χ1n) is 11.3. The van der Waals surface area contributed by atoms with Crippen molar-refractivity contribution in [3.63, 3.8) is 0 Å². The smallest absolute Gasteiger partial charge is 0.258 e. The van der Waals surface area contributed by atoms with Gasteiger partial charge in [0, 0.05) is 38.4 Å². The minimum atomic E-state index is -3.69. The molecule has 1 aromatic heterocycles. The van der Waals surface area contributed by atoms with E-state index >= 15 is 0 Å². The summed E-state index contributed by atoms with van der Waals surface area (Å²) in [6.07, 6.45) is 0.772. The van der Waals surface area contributed by atoms with Gasteiger partial charge in [0.15, 0.2) is 0 Å². The molecule has 1 heterocycles. The van der Waals surface area contributed by atoms with Gasteiger partial charge in [-0.15, -0.1) is 0 Å². The van der Waals surface area contributed by atoms with Gasteiger partial charge in [-0.2, -0.15) is 4.31 Å². The third-order valence-corrected chi connectivity index (χ3v) is 7.72. The van der Waals surface area contributed by atoms with Crippen LogP contribution >= 0.6 is 0 Å². The maximum Gasteiger partial charge on any atom is 0.258 e. The van der Waals surface area contributed by atoms with Gasteiger partial charge < -0.3 is 9.30 Å². The molecule has 1 amide bonds. The molecule has 0 aliphatic heterocycles. The topological polar surface area (TPSA) is 93.5 Å². The number of fused-ring (bicyclic) bond motifs is 1. The van der Waals surface area contributed by atoms with Gasteiger partial charge in [-0.25, -0.2) is 13.4 Å². The standard InChI is InChI=1S/C24H32N4O4S/c1-5-27(6-2)33(30,31)22-17-19(14-13-18(22)4)23(29)26-24-25-20-11-8-9-12-21(20)28(24)15-10-16-32-7-3/h8-9,11-14,17H,5-7,10,15-16H2,1-4H3,(H,25,26,29). The van der Waals surface area contributed by atoms with Crippen LogP contribution in [0.15, 0.2) is 47.4 Å². The van der Waals surface area contributed by atoms with Crippen molar-refractivity contribution in [3.8, 4) is 0 Å². The second kappa shape index (κ2) is 10.9. The Balaban J connectivity index is 1.92. The highest BCUT2D eigenvalue weighted by atomic mass is 32.2. The number of hydrogen-bond donors (Lipinski definition) is 1. The van der Waals surface area contributed by atoms with E-state index in [0.717, 1.165) is 17.5 Å². The number of anilines is 1. The van der Waals surface area contributed by atoms with Gasteiger partial charge >= 0.3 is 0 Å². The average Bonchev–Trinajstić information content (AvgIpc) is 3.14. The summed E-state index contributed by atoms with van der Waals surface area (Å²) in [4.78, 5) is 17.8. The number of aromatic nitrogens is 2. The maximum atomic E-state index is 13.1. The zero-order chi connectivity index (χ0) is 24.0. The average molecular weight is 473 g/mol. The summed E-state index contributed by atoms with van der Waals surface area (Å²) in [5.41, 5.74) is 2.55. The van der Waals surface area contributed by atoms with Crippen molar-refractivity contribution in [1.29, 1.82) is 0 Å². The van der Waals surface area contributed by atoms with E-state index in [4.69, 9.17) is 4.74 Å². The lowest BCUT2D eigenvalue weighted by molar-refractivity contribution is 0.102. The second-order valence-corrected chi connectivity index (χ2v) is 9.56. The van der Waals surface area contributed by atoms with Crippen molar-refractivity contribution >= 4 is 32.9 Å². The number of carbonyl (C=O) groups is 1. The quantitative estimate of drug-likeness (QED) is 0.425. The van der Waals surface area contributed by atoms with Gasteiger partial charge in [-0.1, -0.05) is 32.0 Å². The van der Waals surface area contributed by atoms with Crippen LogP contribution in [-0.2, 0) is 21.3 Å². The van der Waals surface area contributed by atoms with Crippen LogP contribution in [0, 0.1) is 6.92 Å². The molecule has 3 aromatic rings. The van der Waals surface area contributed by atoms with Gasteiger partial charge in [-0.05, 0) is 50.1 Å². The molecule has 9 heteroatoms. The van der Waals surface area contributed by atoms with Crippen molar-refractivity contribution < 1.29 is 17.9 Å². The number of ether oxygens (including phenoxy) is 1. The van der Waals surface area contributed by atoms with Crippen LogP contribution in [0.4, 0.5) is 5.95 Å². The van der Waals surface area contributed by atoms with Crippen molar-refractivity contribution in [2.45, 2.75) is 45.6 Å². The minimum absolute atomic E-state index is 0.143. The summed E-state index contributed by atoms with van der Waals surface area (Å²) < 4.78 is 34.9. The molecule has 33 heavy (non-hydrogen) atoms. The lowest BCUT2D eigenvalue weighted by atomic mass is 10.1. The van der Waals surface area contributed by atoms with Crippen LogP contribution in [0.1, 0.15) is 43.1 Å². The van der Waals surface area contributed by atoms with Gasteiger partial charge in [0.25, 0.3) is 5.91 Å². The Morgan fingerprint density at radius 2 is 1.85 bits per heavy atom. The Morgan fingerprint density at radius 3 is 2.55 bits per heavy atom. The molecule has 2 aromatic carbocycles. The highest BCUT2D eigenvalue weighted by molar-refractivity contribution is 7.89. The lowest BCUT2D eigenvalue weighted by Gasteiger charge is -2.20. The SMILES string of the molecule is CCOCCCn1c(NC(=O)c2ccc(C)c(S(=O)(=O)N(CC)CC)c2)nc2ccccc21. The Morgan fingerprint density at radius 1 is 1.12 bits per heavy atom. The number of nitrogens with one attached hydrogen (secondary N) is 1. The zero-order valence-corrected chi connectivity index (χ0v) is 20.5. The number of benzene rings is 2. The summed E-state index contributed by atoms with van der Waals surface area (Å²) in [6, 6.07) is 12.4. The van der Waals surface area contributed by atoms with E-state index in [0.29, 0.717) is 44.4 Å². The summed E-state index contributed by atoms with van der Waals surface area (Å²) >= 11 is 0. The van der Waals surface area contributed by atoms with Crippen molar-refractivity contribution in [1.82, 2.24) is 13.9 Å². The van der Waals surface area contributed by atoms with Crippen LogP contribution in [-0.4, -0.2) is 54.5 Å². The van der Waals surface area contributed by atoms with E-state index < -0.39 is 15.9 Å². The van der Waals surface area contributed by atoms with Crippen LogP contribution in [0.5, 0.6) is 0 Å². The molecule has 3 rings (SSSR count). The largest absolute Gasteiger partial charge is 0.382 e. The fourth-order valence-electron chi connectivity index (χ4n) is 3.76. The molecule has 0 aliphatic rings. The number of sulfonamides is 1. The second-order valence-electron chi connectivity index (χ2n) is 7.65. The van der Waals surface area contributed by atoms with E-state index in [1.54, 1.807) is 32.9 Å². The number of para-hydroxylation sites is 2. The predicted octanol–water partition coefficient (Wildman–Crippen LogP) is 4.05. The molecule has 0 atom stereocenters. The number of rotatable bonds is 11. The minimum Gasteiger partial charge on any atom is -0.382 e. The van der Waals surface area contributed by atoms with Gasteiger partial charge in [0.2, 0.25) is 16.0 Å². The third kappa shape index (κ3) is 5.43. The van der Waals surface area contributed by atoms with Crippen LogP contribution in [0.3, 0.4) is 0 Å². The monoisotopic (exact) mass is 472 g/mol. The molecule has 0 saturated carbocycles. The molecule has 0 saturated heterocycles. The number of nitrogens with zero attached hydrogens (tertiary/aromatic N) is 3. The first-order chi connectivity index (χ1) is 15.8. The molecule has 178 valence electrons. The molecular formula is C24H32N4O4S.